The number of unbranched alkanes of at least 4 members (excludes halogenated alkanes) is 17. The minimum Gasteiger partial charge on any atom is -0.462 e. The van der Waals surface area contributed by atoms with Crippen molar-refractivity contribution in [1.29, 1.82) is 0 Å². The molecular weight excluding hydrogens is 560 g/mol. The van der Waals surface area contributed by atoms with Gasteiger partial charge in [0, 0.05) is 12.8 Å². The molecule has 0 aromatic heterocycles. The Morgan fingerprint density at radius 2 is 0.956 bits per heavy atom. The van der Waals surface area contributed by atoms with E-state index in [1.807, 2.05) is 0 Å². The van der Waals surface area contributed by atoms with Gasteiger partial charge in [0.15, 0.2) is 6.10 Å². The summed E-state index contributed by atoms with van der Waals surface area (Å²) in [5, 5.41) is 9.50. The topological polar surface area (TPSA) is 72.8 Å². The van der Waals surface area contributed by atoms with Crippen LogP contribution in [0.5, 0.6) is 0 Å². The minimum atomic E-state index is -0.770. The lowest BCUT2D eigenvalue weighted by molar-refractivity contribution is -0.161. The van der Waals surface area contributed by atoms with Crippen LogP contribution in [0.15, 0.2) is 48.6 Å². The van der Waals surface area contributed by atoms with E-state index in [9.17, 15) is 14.7 Å². The van der Waals surface area contributed by atoms with E-state index in [1.165, 1.54) is 83.5 Å². The van der Waals surface area contributed by atoms with Crippen molar-refractivity contribution in [3.8, 4) is 0 Å². The highest BCUT2D eigenvalue weighted by molar-refractivity contribution is 5.70. The molecule has 1 atom stereocenters. The van der Waals surface area contributed by atoms with Gasteiger partial charge in [0.2, 0.25) is 0 Å². The summed E-state index contributed by atoms with van der Waals surface area (Å²) in [5.41, 5.74) is 0. The molecule has 0 aliphatic carbocycles. The summed E-state index contributed by atoms with van der Waals surface area (Å²) in [7, 11) is 0. The van der Waals surface area contributed by atoms with Crippen molar-refractivity contribution in [3.63, 3.8) is 0 Å². The van der Waals surface area contributed by atoms with Crippen molar-refractivity contribution in [2.45, 2.75) is 180 Å². The number of hydrogen-bond donors (Lipinski definition) is 1. The van der Waals surface area contributed by atoms with E-state index in [1.54, 1.807) is 0 Å². The molecule has 260 valence electrons. The third kappa shape index (κ3) is 34.6. The van der Waals surface area contributed by atoms with Gasteiger partial charge in [-0.15, -0.1) is 0 Å². The Morgan fingerprint density at radius 3 is 1.44 bits per heavy atom. The van der Waals surface area contributed by atoms with E-state index in [-0.39, 0.29) is 25.2 Å². The molecule has 45 heavy (non-hydrogen) atoms. The first-order valence-electron chi connectivity index (χ1n) is 18.7. The van der Waals surface area contributed by atoms with E-state index >= 15 is 0 Å². The molecule has 1 unspecified atom stereocenters. The fourth-order valence-corrected chi connectivity index (χ4v) is 5.07. The van der Waals surface area contributed by atoms with Crippen LogP contribution in [0.4, 0.5) is 0 Å². The van der Waals surface area contributed by atoms with Crippen LogP contribution in [0.2, 0.25) is 0 Å². The van der Waals surface area contributed by atoms with Gasteiger partial charge in [-0.1, -0.05) is 159 Å². The van der Waals surface area contributed by atoms with Crippen LogP contribution in [0.3, 0.4) is 0 Å². The molecule has 0 saturated heterocycles. The van der Waals surface area contributed by atoms with Crippen LogP contribution < -0.4 is 0 Å². The number of ether oxygens (including phenoxy) is 2. The number of allylic oxidation sites excluding steroid dienone is 8. The molecule has 0 aromatic rings. The van der Waals surface area contributed by atoms with Gasteiger partial charge in [0.1, 0.15) is 6.61 Å². The molecule has 0 amide bonds. The Morgan fingerprint density at radius 1 is 0.533 bits per heavy atom. The van der Waals surface area contributed by atoms with Crippen molar-refractivity contribution in [3.05, 3.63) is 48.6 Å². The zero-order valence-corrected chi connectivity index (χ0v) is 29.4. The predicted molar refractivity (Wildman–Crippen MR) is 191 cm³/mol. The van der Waals surface area contributed by atoms with Gasteiger partial charge in [-0.25, -0.2) is 0 Å². The standard InChI is InChI=1S/C40H70O5/c1-3-5-7-9-11-13-14-15-16-17-18-19-20-21-22-23-24-25-26-27-29-31-33-35-40(43)45-38(36-41)37-44-39(42)34-32-30-28-12-10-8-6-4-2/h5,7,11,13,15-16,18-19,38,41H,3-4,6,8-10,12,14,17,20-37H2,1-2H3/b7-5-,13-11-,16-15-,19-18-. The first-order chi connectivity index (χ1) is 22.1. The number of aliphatic hydroxyl groups is 1. The first kappa shape index (κ1) is 42.9. The lowest BCUT2D eigenvalue weighted by Crippen LogP contribution is -2.28. The molecule has 0 saturated carbocycles. The molecule has 0 heterocycles. The Bertz CT molecular complexity index is 767. The first-order valence-corrected chi connectivity index (χ1v) is 18.7. The summed E-state index contributed by atoms with van der Waals surface area (Å²) in [4.78, 5) is 24.1. The van der Waals surface area contributed by atoms with E-state index in [4.69, 9.17) is 9.47 Å². The Kier molecular flexibility index (Phi) is 34.6. The Hall–Kier alpha value is -2.14. The average Bonchev–Trinajstić information content (AvgIpc) is 3.04. The third-order valence-electron chi connectivity index (χ3n) is 7.89. The summed E-state index contributed by atoms with van der Waals surface area (Å²) >= 11 is 0. The van der Waals surface area contributed by atoms with E-state index in [0.29, 0.717) is 12.8 Å². The molecule has 0 spiro atoms. The fourth-order valence-electron chi connectivity index (χ4n) is 5.07. The summed E-state index contributed by atoms with van der Waals surface area (Å²) in [6.07, 6.45) is 44.7. The van der Waals surface area contributed by atoms with Gasteiger partial charge in [-0.2, -0.15) is 0 Å². The predicted octanol–water partition coefficient (Wildman–Crippen LogP) is 11.5. The number of carbonyl (C=O) groups is 2. The number of esters is 2. The molecule has 0 fully saturated rings. The normalized spacial score (nSPS) is 12.7. The quantitative estimate of drug-likeness (QED) is 0.0444. The van der Waals surface area contributed by atoms with Crippen molar-refractivity contribution in [1.82, 2.24) is 0 Å². The highest BCUT2D eigenvalue weighted by Crippen LogP contribution is 2.13. The van der Waals surface area contributed by atoms with E-state index < -0.39 is 6.10 Å². The van der Waals surface area contributed by atoms with Gasteiger partial charge >= 0.3 is 11.9 Å². The maximum absolute atomic E-state index is 12.1. The van der Waals surface area contributed by atoms with Crippen molar-refractivity contribution < 1.29 is 24.2 Å². The molecule has 0 aromatic carbocycles. The molecular formula is C40H70O5. The summed E-state index contributed by atoms with van der Waals surface area (Å²) in [6, 6.07) is 0. The van der Waals surface area contributed by atoms with Crippen LogP contribution in [0.1, 0.15) is 174 Å². The fraction of sp³-hybridized carbons (Fsp3) is 0.750. The van der Waals surface area contributed by atoms with Crippen molar-refractivity contribution >= 4 is 11.9 Å². The summed E-state index contributed by atoms with van der Waals surface area (Å²) in [6.45, 7) is 3.98. The molecule has 0 radical (unpaired) electrons. The second-order valence-electron chi connectivity index (χ2n) is 12.3. The Labute approximate surface area is 278 Å². The number of aliphatic hydroxyl groups excluding tert-OH is 1. The van der Waals surface area contributed by atoms with Gasteiger partial charge in [-0.05, 0) is 51.4 Å². The van der Waals surface area contributed by atoms with E-state index in [2.05, 4.69) is 62.5 Å². The molecule has 0 bridgehead atoms. The molecule has 0 aliphatic heterocycles. The lowest BCUT2D eigenvalue weighted by Gasteiger charge is -2.15. The van der Waals surface area contributed by atoms with Gasteiger partial charge in [-0.3, -0.25) is 9.59 Å². The minimum absolute atomic E-state index is 0.0669. The lowest BCUT2D eigenvalue weighted by atomic mass is 10.0. The molecule has 5 heteroatoms. The van der Waals surface area contributed by atoms with Crippen LogP contribution >= 0.6 is 0 Å². The molecule has 1 N–H and O–H groups in total. The SMILES string of the molecule is CC/C=C\C/C=C\C/C=C\C/C=C\CCCCCCCCCCCCC(=O)OC(CO)COC(=O)CCCCCCCCCC. The average molecular weight is 631 g/mol. The van der Waals surface area contributed by atoms with Gasteiger partial charge in [0.05, 0.1) is 6.61 Å². The summed E-state index contributed by atoms with van der Waals surface area (Å²) < 4.78 is 10.5. The summed E-state index contributed by atoms with van der Waals surface area (Å²) in [5.74, 6) is -0.601. The van der Waals surface area contributed by atoms with Crippen LogP contribution in [0.25, 0.3) is 0 Å². The number of hydrogen-bond acceptors (Lipinski definition) is 5. The highest BCUT2D eigenvalue weighted by atomic mass is 16.6. The largest absolute Gasteiger partial charge is 0.462 e. The van der Waals surface area contributed by atoms with Gasteiger partial charge < -0.3 is 14.6 Å². The second kappa shape index (κ2) is 36.3. The van der Waals surface area contributed by atoms with Crippen LogP contribution in [-0.2, 0) is 19.1 Å². The number of carbonyl (C=O) groups excluding carboxylic acids is 2. The van der Waals surface area contributed by atoms with Crippen molar-refractivity contribution in [2.75, 3.05) is 13.2 Å². The molecule has 5 nitrogen and oxygen atoms in total. The Balaban J connectivity index is 3.54. The zero-order valence-electron chi connectivity index (χ0n) is 29.4. The molecule has 0 aliphatic rings. The maximum atomic E-state index is 12.1. The monoisotopic (exact) mass is 631 g/mol. The highest BCUT2D eigenvalue weighted by Gasteiger charge is 2.16. The van der Waals surface area contributed by atoms with Gasteiger partial charge in [0.25, 0.3) is 0 Å². The smallest absolute Gasteiger partial charge is 0.306 e. The van der Waals surface area contributed by atoms with Crippen molar-refractivity contribution in [2.24, 2.45) is 0 Å². The maximum Gasteiger partial charge on any atom is 0.306 e. The number of rotatable bonds is 33. The van der Waals surface area contributed by atoms with Crippen LogP contribution in [0, 0.1) is 0 Å². The third-order valence-corrected chi connectivity index (χ3v) is 7.89. The molecule has 0 rings (SSSR count). The zero-order chi connectivity index (χ0) is 32.9. The van der Waals surface area contributed by atoms with Crippen LogP contribution in [-0.4, -0.2) is 36.4 Å². The second-order valence-corrected chi connectivity index (χ2v) is 12.3. The van der Waals surface area contributed by atoms with E-state index in [0.717, 1.165) is 64.2 Å².